The summed E-state index contributed by atoms with van der Waals surface area (Å²) in [6.45, 7) is 1.50. The molecule has 2 N–H and O–H groups in total. The quantitative estimate of drug-likeness (QED) is 0.804. The monoisotopic (exact) mass is 217 g/mol. The van der Waals surface area contributed by atoms with E-state index >= 15 is 0 Å². The Morgan fingerprint density at radius 1 is 1.38 bits per heavy atom. The van der Waals surface area contributed by atoms with Crippen LogP contribution in [0.5, 0.6) is 0 Å². The van der Waals surface area contributed by atoms with E-state index in [1.54, 1.807) is 18.2 Å². The van der Waals surface area contributed by atoms with Gasteiger partial charge in [-0.2, -0.15) is 0 Å². The molecule has 4 nitrogen and oxygen atoms in total. The van der Waals surface area contributed by atoms with Crippen molar-refractivity contribution in [2.24, 2.45) is 0 Å². The number of hydrogen-bond donors (Lipinski definition) is 2. The van der Waals surface area contributed by atoms with Crippen LogP contribution >= 0.6 is 0 Å². The number of benzene rings is 1. The van der Waals surface area contributed by atoms with E-state index < -0.39 is 11.9 Å². The predicted octanol–water partition coefficient (Wildman–Crippen LogP) is 1.72. The number of hydrogen-bond acceptors (Lipinski definition) is 2. The molecule has 0 radical (unpaired) electrons. The zero-order valence-electron chi connectivity index (χ0n) is 8.73. The number of fused-ring (bicyclic) bond motifs is 1. The second-order valence-electron chi connectivity index (χ2n) is 3.68. The average molecular weight is 217 g/mol. The summed E-state index contributed by atoms with van der Waals surface area (Å²) in [5.74, 6) is -1.80. The number of aromatic nitrogens is 1. The van der Waals surface area contributed by atoms with Crippen LogP contribution in [0.4, 0.5) is 0 Å². The minimum absolute atomic E-state index is 0.218. The molecule has 0 aliphatic rings. The van der Waals surface area contributed by atoms with Crippen molar-refractivity contribution in [1.29, 1.82) is 0 Å². The van der Waals surface area contributed by atoms with E-state index in [4.69, 9.17) is 5.11 Å². The lowest BCUT2D eigenvalue weighted by Gasteiger charge is -2.06. The van der Waals surface area contributed by atoms with Gasteiger partial charge >= 0.3 is 5.97 Å². The van der Waals surface area contributed by atoms with Gasteiger partial charge < -0.3 is 10.1 Å². The molecular formula is C12H11NO3. The molecule has 0 spiro atoms. The van der Waals surface area contributed by atoms with Gasteiger partial charge in [0.15, 0.2) is 5.43 Å². The number of pyridine rings is 1. The zero-order chi connectivity index (χ0) is 11.7. The van der Waals surface area contributed by atoms with Crippen LogP contribution in [-0.4, -0.2) is 16.1 Å². The Morgan fingerprint density at radius 3 is 2.75 bits per heavy atom. The van der Waals surface area contributed by atoms with E-state index in [-0.39, 0.29) is 11.0 Å². The maximum atomic E-state index is 12.0. The fraction of sp³-hybridized carbons (Fsp3) is 0.167. The first kappa shape index (κ1) is 10.4. The van der Waals surface area contributed by atoms with Crippen LogP contribution in [0.25, 0.3) is 10.9 Å². The molecule has 0 aliphatic heterocycles. The van der Waals surface area contributed by atoms with Crippen molar-refractivity contribution in [2.45, 2.75) is 12.8 Å². The first-order valence-corrected chi connectivity index (χ1v) is 4.94. The number of carboxylic acids is 1. The van der Waals surface area contributed by atoms with Gasteiger partial charge in [0.05, 0.1) is 5.92 Å². The van der Waals surface area contributed by atoms with Gasteiger partial charge in [0.2, 0.25) is 0 Å². The minimum atomic E-state index is -0.999. The molecule has 0 aliphatic carbocycles. The van der Waals surface area contributed by atoms with Crippen LogP contribution in [0.3, 0.4) is 0 Å². The second-order valence-corrected chi connectivity index (χ2v) is 3.68. The Labute approximate surface area is 91.5 Å². The smallest absolute Gasteiger partial charge is 0.310 e. The van der Waals surface area contributed by atoms with Gasteiger partial charge in [-0.1, -0.05) is 12.1 Å². The van der Waals surface area contributed by atoms with Crippen molar-refractivity contribution >= 4 is 16.9 Å². The summed E-state index contributed by atoms with van der Waals surface area (Å²) in [4.78, 5) is 25.8. The molecule has 1 unspecified atom stereocenters. The van der Waals surface area contributed by atoms with E-state index in [0.29, 0.717) is 10.9 Å². The number of aromatic amines is 1. The molecule has 1 aromatic heterocycles. The highest BCUT2D eigenvalue weighted by atomic mass is 16.4. The molecule has 0 saturated heterocycles. The van der Waals surface area contributed by atoms with Crippen molar-refractivity contribution in [2.75, 3.05) is 0 Å². The molecule has 82 valence electrons. The highest BCUT2D eigenvalue weighted by Gasteiger charge is 2.17. The van der Waals surface area contributed by atoms with Crippen LogP contribution in [0.1, 0.15) is 18.4 Å². The summed E-state index contributed by atoms with van der Waals surface area (Å²) < 4.78 is 0. The Bertz CT molecular complexity index is 600. The van der Waals surface area contributed by atoms with Crippen LogP contribution in [-0.2, 0) is 4.79 Å². The molecule has 0 amide bonds. The van der Waals surface area contributed by atoms with Crippen LogP contribution in [0.2, 0.25) is 0 Å². The number of carboxylic acid groups (broad SMARTS) is 1. The van der Waals surface area contributed by atoms with Gasteiger partial charge in [-0.05, 0) is 19.1 Å². The summed E-state index contributed by atoms with van der Waals surface area (Å²) in [5.41, 5.74) is 0.782. The molecule has 2 rings (SSSR count). The van der Waals surface area contributed by atoms with Crippen molar-refractivity contribution in [3.8, 4) is 0 Å². The maximum absolute atomic E-state index is 12.0. The van der Waals surface area contributed by atoms with Crippen LogP contribution in [0, 0.1) is 0 Å². The largest absolute Gasteiger partial charge is 0.481 e. The van der Waals surface area contributed by atoms with Crippen molar-refractivity contribution < 1.29 is 9.90 Å². The molecular weight excluding hydrogens is 206 g/mol. The third-order valence-corrected chi connectivity index (χ3v) is 2.65. The Hall–Kier alpha value is -2.10. The molecule has 4 heteroatoms. The lowest BCUT2D eigenvalue weighted by molar-refractivity contribution is -0.138. The van der Waals surface area contributed by atoms with Gasteiger partial charge in [0.1, 0.15) is 0 Å². The first-order valence-electron chi connectivity index (χ1n) is 4.94. The predicted molar refractivity (Wildman–Crippen MR) is 60.6 cm³/mol. The molecule has 0 saturated carbocycles. The Kier molecular flexibility index (Phi) is 2.48. The topological polar surface area (TPSA) is 70.2 Å². The van der Waals surface area contributed by atoms with Gasteiger partial charge in [-0.3, -0.25) is 9.59 Å². The summed E-state index contributed by atoms with van der Waals surface area (Å²) >= 11 is 0. The summed E-state index contributed by atoms with van der Waals surface area (Å²) in [6, 6.07) is 7.05. The molecule has 1 atom stereocenters. The summed E-state index contributed by atoms with van der Waals surface area (Å²) in [6.07, 6.45) is 1.48. The van der Waals surface area contributed by atoms with Gasteiger partial charge in [0, 0.05) is 22.7 Å². The number of nitrogens with one attached hydrogen (secondary N) is 1. The molecule has 1 heterocycles. The number of aliphatic carboxylic acids is 1. The lowest BCUT2D eigenvalue weighted by atomic mass is 10.0. The highest BCUT2D eigenvalue weighted by Crippen LogP contribution is 2.14. The van der Waals surface area contributed by atoms with Gasteiger partial charge in [-0.25, -0.2) is 0 Å². The van der Waals surface area contributed by atoms with E-state index in [9.17, 15) is 9.59 Å². The van der Waals surface area contributed by atoms with Gasteiger partial charge in [0.25, 0.3) is 0 Å². The average Bonchev–Trinajstić information content (AvgIpc) is 2.29. The van der Waals surface area contributed by atoms with Crippen molar-refractivity contribution in [3.63, 3.8) is 0 Å². The standard InChI is InChI=1S/C12H11NO3/c1-7(12(15)16)9-6-13-10-5-3-2-4-8(10)11(9)14/h2-7H,1H3,(H,13,14)(H,15,16). The third-order valence-electron chi connectivity index (χ3n) is 2.65. The first-order chi connectivity index (χ1) is 7.61. The molecule has 0 bridgehead atoms. The van der Waals surface area contributed by atoms with E-state index in [0.717, 1.165) is 0 Å². The Morgan fingerprint density at radius 2 is 2.06 bits per heavy atom. The number of para-hydroxylation sites is 1. The third kappa shape index (κ3) is 1.58. The van der Waals surface area contributed by atoms with Crippen LogP contribution in [0.15, 0.2) is 35.3 Å². The highest BCUT2D eigenvalue weighted by molar-refractivity contribution is 5.81. The lowest BCUT2D eigenvalue weighted by Crippen LogP contribution is -2.18. The number of rotatable bonds is 2. The number of H-pyrrole nitrogens is 1. The van der Waals surface area contributed by atoms with Gasteiger partial charge in [-0.15, -0.1) is 0 Å². The van der Waals surface area contributed by atoms with Crippen molar-refractivity contribution in [3.05, 3.63) is 46.2 Å². The zero-order valence-corrected chi connectivity index (χ0v) is 8.73. The molecule has 0 fully saturated rings. The molecule has 1 aromatic carbocycles. The van der Waals surface area contributed by atoms with Crippen LogP contribution < -0.4 is 5.43 Å². The van der Waals surface area contributed by atoms with E-state index in [1.807, 2.05) is 6.07 Å². The van der Waals surface area contributed by atoms with E-state index in [1.165, 1.54) is 13.1 Å². The number of carbonyl (C=O) groups is 1. The SMILES string of the molecule is CC(C(=O)O)c1c[nH]c2ccccc2c1=O. The summed E-state index contributed by atoms with van der Waals surface area (Å²) in [5, 5.41) is 9.40. The summed E-state index contributed by atoms with van der Waals surface area (Å²) in [7, 11) is 0. The fourth-order valence-electron chi connectivity index (χ4n) is 1.64. The molecule has 16 heavy (non-hydrogen) atoms. The molecule has 2 aromatic rings. The maximum Gasteiger partial charge on any atom is 0.310 e. The minimum Gasteiger partial charge on any atom is -0.481 e. The Balaban J connectivity index is 2.70. The normalized spacial score (nSPS) is 12.6. The van der Waals surface area contributed by atoms with Crippen molar-refractivity contribution in [1.82, 2.24) is 4.98 Å². The van der Waals surface area contributed by atoms with E-state index in [2.05, 4.69) is 4.98 Å². The second kappa shape index (κ2) is 3.81. The fourth-order valence-corrected chi connectivity index (χ4v) is 1.64.